The van der Waals surface area contributed by atoms with E-state index in [1.807, 2.05) is 7.05 Å². The number of nitrogens with two attached hydrogens (primary N) is 1. The van der Waals surface area contributed by atoms with Crippen molar-refractivity contribution in [1.29, 1.82) is 0 Å². The van der Waals surface area contributed by atoms with Gasteiger partial charge in [0.25, 0.3) is 0 Å². The number of amides is 1. The Bertz CT molecular complexity index is 987. The number of nitrogens with zero attached hydrogens (tertiary/aromatic N) is 2. The first-order valence-corrected chi connectivity index (χ1v) is 10.8. The molecule has 2 aromatic carbocycles. The summed E-state index contributed by atoms with van der Waals surface area (Å²) < 4.78 is 42.1. The average molecular weight is 421 g/mol. The molecule has 7 nitrogen and oxygen atoms in total. The maximum absolute atomic E-state index is 14.0. The number of carbonyl (C=O) groups excluding carboxylic acids is 1. The smallest absolute Gasteiger partial charge is 0.248 e. The first-order valence-electron chi connectivity index (χ1n) is 9.32. The van der Waals surface area contributed by atoms with Gasteiger partial charge in [-0.25, -0.2) is 17.5 Å². The Kier molecular flexibility index (Phi) is 6.21. The molecule has 2 aromatic rings. The van der Waals surface area contributed by atoms with Gasteiger partial charge in [-0.15, -0.1) is 0 Å². The first kappa shape index (κ1) is 21.2. The van der Waals surface area contributed by atoms with Crippen LogP contribution in [0.15, 0.2) is 47.4 Å². The maximum atomic E-state index is 14.0. The van der Waals surface area contributed by atoms with E-state index in [0.717, 1.165) is 31.9 Å². The van der Waals surface area contributed by atoms with Gasteiger partial charge in [-0.1, -0.05) is 0 Å². The maximum Gasteiger partial charge on any atom is 0.248 e. The zero-order chi connectivity index (χ0) is 21.2. The normalized spacial score (nSPS) is 16.6. The number of anilines is 1. The highest BCUT2D eigenvalue weighted by Crippen LogP contribution is 2.29. The van der Waals surface area contributed by atoms with Crippen LogP contribution in [0.5, 0.6) is 0 Å². The van der Waals surface area contributed by atoms with Crippen molar-refractivity contribution in [2.75, 3.05) is 38.1 Å². The summed E-state index contributed by atoms with van der Waals surface area (Å²) in [7, 11) is -1.83. The molecule has 0 bridgehead atoms. The lowest BCUT2D eigenvalue weighted by Gasteiger charge is -2.36. The number of hydrogen-bond acceptors (Lipinski definition) is 5. The predicted octanol–water partition coefficient (Wildman–Crippen LogP) is 1.72. The number of benzene rings is 2. The van der Waals surface area contributed by atoms with Crippen molar-refractivity contribution in [1.82, 2.24) is 9.62 Å². The van der Waals surface area contributed by atoms with E-state index in [0.29, 0.717) is 5.56 Å². The molecule has 1 aliphatic rings. The van der Waals surface area contributed by atoms with Crippen LogP contribution in [0.4, 0.5) is 10.1 Å². The Morgan fingerprint density at radius 3 is 2.31 bits per heavy atom. The number of primary amides is 1. The zero-order valence-corrected chi connectivity index (χ0v) is 17.2. The van der Waals surface area contributed by atoms with E-state index in [1.54, 1.807) is 13.0 Å². The van der Waals surface area contributed by atoms with E-state index in [4.69, 9.17) is 5.73 Å². The molecule has 1 atom stereocenters. The van der Waals surface area contributed by atoms with Crippen LogP contribution >= 0.6 is 0 Å². The summed E-state index contributed by atoms with van der Waals surface area (Å²) in [6.45, 7) is 5.00. The summed E-state index contributed by atoms with van der Waals surface area (Å²) in [5, 5.41) is 0. The summed E-state index contributed by atoms with van der Waals surface area (Å²) >= 11 is 0. The molecule has 1 fully saturated rings. The monoisotopic (exact) mass is 420 g/mol. The van der Waals surface area contributed by atoms with Gasteiger partial charge in [-0.2, -0.15) is 0 Å². The molecule has 1 aliphatic heterocycles. The van der Waals surface area contributed by atoms with Crippen molar-refractivity contribution in [3.05, 3.63) is 59.4 Å². The second-order valence-electron chi connectivity index (χ2n) is 7.23. The van der Waals surface area contributed by atoms with E-state index in [1.165, 1.54) is 36.4 Å². The molecule has 0 saturated carbocycles. The number of sulfonamides is 1. The van der Waals surface area contributed by atoms with Gasteiger partial charge in [0.15, 0.2) is 0 Å². The van der Waals surface area contributed by atoms with Crippen molar-refractivity contribution in [3.8, 4) is 0 Å². The average Bonchev–Trinajstić information content (AvgIpc) is 2.68. The van der Waals surface area contributed by atoms with Crippen molar-refractivity contribution in [2.24, 2.45) is 5.73 Å². The number of likely N-dealkylation sites (N-methyl/N-ethyl adjacent to an activating group) is 1. The zero-order valence-electron chi connectivity index (χ0n) is 16.4. The Balaban J connectivity index is 1.85. The van der Waals surface area contributed by atoms with Crippen LogP contribution in [0.25, 0.3) is 0 Å². The highest BCUT2D eigenvalue weighted by molar-refractivity contribution is 7.89. The predicted molar refractivity (Wildman–Crippen MR) is 110 cm³/mol. The number of carbonyl (C=O) groups is 1. The minimum absolute atomic E-state index is 0.00639. The molecule has 0 aromatic heterocycles. The topological polar surface area (TPSA) is 95.7 Å². The Labute approximate surface area is 170 Å². The van der Waals surface area contributed by atoms with Crippen LogP contribution in [0, 0.1) is 5.82 Å². The molecule has 9 heteroatoms. The second-order valence-corrected chi connectivity index (χ2v) is 8.94. The van der Waals surface area contributed by atoms with Gasteiger partial charge < -0.3 is 15.5 Å². The van der Waals surface area contributed by atoms with E-state index in [2.05, 4.69) is 14.5 Å². The lowest BCUT2D eigenvalue weighted by atomic mass is 10.0. The highest BCUT2D eigenvalue weighted by atomic mass is 32.2. The van der Waals surface area contributed by atoms with Gasteiger partial charge in [0, 0.05) is 43.5 Å². The third kappa shape index (κ3) is 4.92. The molecule has 3 N–H and O–H groups in total. The van der Waals surface area contributed by atoms with Crippen LogP contribution in [0.3, 0.4) is 0 Å². The van der Waals surface area contributed by atoms with Gasteiger partial charge in [0.05, 0.1) is 4.90 Å². The number of nitrogens with one attached hydrogen (secondary N) is 1. The van der Waals surface area contributed by atoms with Gasteiger partial charge in [0.2, 0.25) is 15.9 Å². The molecule has 0 spiro atoms. The molecule has 156 valence electrons. The summed E-state index contributed by atoms with van der Waals surface area (Å²) in [5.41, 5.74) is 6.81. The fourth-order valence-corrected chi connectivity index (χ4v) is 4.59. The molecule has 0 radical (unpaired) electrons. The molecule has 29 heavy (non-hydrogen) atoms. The summed E-state index contributed by atoms with van der Waals surface area (Å²) in [6.07, 6.45) is 0. The molecule has 1 amide bonds. The van der Waals surface area contributed by atoms with Crippen LogP contribution in [0.1, 0.15) is 28.9 Å². The molecular weight excluding hydrogens is 395 g/mol. The van der Waals surface area contributed by atoms with Crippen molar-refractivity contribution >= 4 is 21.6 Å². The number of rotatable bonds is 6. The van der Waals surface area contributed by atoms with Crippen LogP contribution in [-0.2, 0) is 10.0 Å². The number of piperazine rings is 1. The SMILES string of the molecule is CC(NS(=O)(=O)c1ccc(C(N)=O)cc1)c1cc(F)ccc1N1CCN(C)CC1. The Morgan fingerprint density at radius 2 is 1.72 bits per heavy atom. The van der Waals surface area contributed by atoms with E-state index >= 15 is 0 Å². The summed E-state index contributed by atoms with van der Waals surface area (Å²) in [6, 6.07) is 9.17. The molecule has 1 heterocycles. The summed E-state index contributed by atoms with van der Waals surface area (Å²) in [5.74, 6) is -1.05. The van der Waals surface area contributed by atoms with Crippen molar-refractivity contribution in [2.45, 2.75) is 17.9 Å². The number of hydrogen-bond donors (Lipinski definition) is 2. The quantitative estimate of drug-likeness (QED) is 0.742. The molecule has 1 unspecified atom stereocenters. The standard InChI is InChI=1S/C20H25FN4O3S/c1-14(23-29(27,28)17-6-3-15(4-7-17)20(22)26)18-13-16(21)5-8-19(18)25-11-9-24(2)10-12-25/h3-8,13-14,23H,9-12H2,1-2H3,(H2,22,26). The highest BCUT2D eigenvalue weighted by Gasteiger charge is 2.24. The number of halogens is 1. The Morgan fingerprint density at radius 1 is 1.10 bits per heavy atom. The fraction of sp³-hybridized carbons (Fsp3) is 0.350. The van der Waals surface area contributed by atoms with Gasteiger partial charge in [-0.3, -0.25) is 4.79 Å². The van der Waals surface area contributed by atoms with Crippen molar-refractivity contribution < 1.29 is 17.6 Å². The molecule has 1 saturated heterocycles. The van der Waals surface area contributed by atoms with Crippen LogP contribution < -0.4 is 15.4 Å². The van der Waals surface area contributed by atoms with E-state index < -0.39 is 27.8 Å². The van der Waals surface area contributed by atoms with Gasteiger partial charge in [0.1, 0.15) is 5.82 Å². The first-order chi connectivity index (χ1) is 13.7. The Hall–Kier alpha value is -2.49. The van der Waals surface area contributed by atoms with Crippen LogP contribution in [0.2, 0.25) is 0 Å². The fourth-order valence-electron chi connectivity index (χ4n) is 3.37. The van der Waals surface area contributed by atoms with E-state index in [9.17, 15) is 17.6 Å². The van der Waals surface area contributed by atoms with Crippen molar-refractivity contribution in [3.63, 3.8) is 0 Å². The second kappa shape index (κ2) is 8.48. The molecular formula is C20H25FN4O3S. The third-order valence-corrected chi connectivity index (χ3v) is 6.64. The summed E-state index contributed by atoms with van der Waals surface area (Å²) in [4.78, 5) is 15.5. The molecule has 0 aliphatic carbocycles. The lowest BCUT2D eigenvalue weighted by molar-refractivity contribution is 0.1000. The van der Waals surface area contributed by atoms with Crippen LogP contribution in [-0.4, -0.2) is 52.5 Å². The minimum Gasteiger partial charge on any atom is -0.369 e. The van der Waals surface area contributed by atoms with Gasteiger partial charge in [-0.05, 0) is 62.0 Å². The van der Waals surface area contributed by atoms with E-state index in [-0.39, 0.29) is 10.5 Å². The minimum atomic E-state index is -3.87. The molecule has 3 rings (SSSR count). The lowest BCUT2D eigenvalue weighted by Crippen LogP contribution is -2.45. The van der Waals surface area contributed by atoms with Gasteiger partial charge >= 0.3 is 0 Å². The third-order valence-electron chi connectivity index (χ3n) is 5.08. The largest absolute Gasteiger partial charge is 0.369 e.